The molecule has 0 fully saturated rings. The second kappa shape index (κ2) is 3.40. The molecule has 0 heterocycles. The van der Waals surface area contributed by atoms with Crippen LogP contribution in [0.25, 0.3) is 0 Å². The Morgan fingerprint density at radius 1 is 1.58 bits per heavy atom. The molecule has 0 saturated carbocycles. The lowest BCUT2D eigenvalue weighted by Gasteiger charge is -1.99. The highest BCUT2D eigenvalue weighted by atomic mass is 35.5. The van der Waals surface area contributed by atoms with Crippen molar-refractivity contribution in [3.8, 4) is 0 Å². The molecular formula is C7H6ClFN2O. The van der Waals surface area contributed by atoms with E-state index in [-0.39, 0.29) is 16.4 Å². The van der Waals surface area contributed by atoms with Gasteiger partial charge in [-0.25, -0.2) is 4.39 Å². The van der Waals surface area contributed by atoms with Gasteiger partial charge in [0.15, 0.2) is 5.84 Å². The van der Waals surface area contributed by atoms with Crippen molar-refractivity contribution in [2.45, 2.75) is 0 Å². The highest BCUT2D eigenvalue weighted by molar-refractivity contribution is 6.30. The molecular weight excluding hydrogens is 183 g/mol. The van der Waals surface area contributed by atoms with Crippen LogP contribution in [0.1, 0.15) is 5.56 Å². The van der Waals surface area contributed by atoms with E-state index in [9.17, 15) is 4.39 Å². The monoisotopic (exact) mass is 188 g/mol. The summed E-state index contributed by atoms with van der Waals surface area (Å²) in [5.74, 6) is -0.887. The SMILES string of the molecule is NC(=NO)c1ccc(Cl)cc1F. The number of benzene rings is 1. The lowest BCUT2D eigenvalue weighted by Crippen LogP contribution is -2.14. The fourth-order valence-corrected chi connectivity index (χ4v) is 0.910. The minimum atomic E-state index is -0.613. The number of nitrogens with two attached hydrogens (primary N) is 1. The Hall–Kier alpha value is -1.29. The van der Waals surface area contributed by atoms with Gasteiger partial charge in [0.25, 0.3) is 0 Å². The topological polar surface area (TPSA) is 58.6 Å². The average Bonchev–Trinajstić information content (AvgIpc) is 2.03. The van der Waals surface area contributed by atoms with Gasteiger partial charge in [0.1, 0.15) is 5.82 Å². The third-order valence-corrected chi connectivity index (χ3v) is 1.55. The summed E-state index contributed by atoms with van der Waals surface area (Å²) < 4.78 is 12.9. The molecule has 3 nitrogen and oxygen atoms in total. The number of hydrogen-bond donors (Lipinski definition) is 2. The molecule has 0 aromatic heterocycles. The van der Waals surface area contributed by atoms with Gasteiger partial charge in [-0.15, -0.1) is 0 Å². The summed E-state index contributed by atoms with van der Waals surface area (Å²) in [6, 6.07) is 3.89. The van der Waals surface area contributed by atoms with Crippen LogP contribution in [0.2, 0.25) is 5.02 Å². The van der Waals surface area contributed by atoms with E-state index in [1.165, 1.54) is 12.1 Å². The first-order valence-corrected chi connectivity index (χ1v) is 3.46. The van der Waals surface area contributed by atoms with Crippen LogP contribution >= 0.6 is 11.6 Å². The van der Waals surface area contributed by atoms with Gasteiger partial charge >= 0.3 is 0 Å². The highest BCUT2D eigenvalue weighted by Crippen LogP contribution is 2.13. The Balaban J connectivity index is 3.18. The molecule has 1 aromatic carbocycles. The molecule has 0 amide bonds. The Labute approximate surface area is 73.2 Å². The van der Waals surface area contributed by atoms with E-state index in [1.54, 1.807) is 0 Å². The van der Waals surface area contributed by atoms with E-state index in [0.29, 0.717) is 0 Å². The molecule has 12 heavy (non-hydrogen) atoms. The van der Waals surface area contributed by atoms with Crippen LogP contribution in [-0.2, 0) is 0 Å². The molecule has 1 rings (SSSR count). The number of oxime groups is 1. The molecule has 5 heteroatoms. The molecule has 0 saturated heterocycles. The summed E-state index contributed by atoms with van der Waals surface area (Å²) >= 11 is 5.48. The minimum Gasteiger partial charge on any atom is -0.409 e. The molecule has 0 bridgehead atoms. The minimum absolute atomic E-state index is 0.0295. The van der Waals surface area contributed by atoms with Crippen molar-refractivity contribution in [3.05, 3.63) is 34.6 Å². The van der Waals surface area contributed by atoms with Crippen molar-refractivity contribution in [2.75, 3.05) is 0 Å². The Morgan fingerprint density at radius 2 is 2.25 bits per heavy atom. The summed E-state index contributed by atoms with van der Waals surface area (Å²) in [6.07, 6.45) is 0. The van der Waals surface area contributed by atoms with Gasteiger partial charge in [-0.05, 0) is 18.2 Å². The van der Waals surface area contributed by atoms with E-state index in [0.717, 1.165) is 6.07 Å². The maximum absolute atomic E-state index is 12.9. The maximum atomic E-state index is 12.9. The second-order valence-electron chi connectivity index (χ2n) is 2.11. The zero-order chi connectivity index (χ0) is 9.14. The number of halogens is 2. The van der Waals surface area contributed by atoms with Gasteiger partial charge in [0.2, 0.25) is 0 Å². The standard InChI is InChI=1S/C7H6ClFN2O/c8-4-1-2-5(6(9)3-4)7(10)11-12/h1-3,12H,(H2,10,11). The molecule has 3 N–H and O–H groups in total. The van der Waals surface area contributed by atoms with Crippen LogP contribution in [0.4, 0.5) is 4.39 Å². The van der Waals surface area contributed by atoms with E-state index in [1.807, 2.05) is 0 Å². The fraction of sp³-hybridized carbons (Fsp3) is 0. The first-order chi connectivity index (χ1) is 5.65. The van der Waals surface area contributed by atoms with Crippen molar-refractivity contribution in [1.82, 2.24) is 0 Å². The predicted octanol–water partition coefficient (Wildman–Crippen LogP) is 1.57. The van der Waals surface area contributed by atoms with Crippen molar-refractivity contribution >= 4 is 17.4 Å². The van der Waals surface area contributed by atoms with E-state index >= 15 is 0 Å². The first-order valence-electron chi connectivity index (χ1n) is 3.08. The van der Waals surface area contributed by atoms with Gasteiger partial charge in [0, 0.05) is 5.02 Å². The molecule has 0 unspecified atom stereocenters. The maximum Gasteiger partial charge on any atom is 0.173 e. The Kier molecular flexibility index (Phi) is 2.50. The molecule has 0 aliphatic rings. The molecule has 0 aliphatic heterocycles. The smallest absolute Gasteiger partial charge is 0.173 e. The average molecular weight is 189 g/mol. The van der Waals surface area contributed by atoms with Crippen LogP contribution in [0.5, 0.6) is 0 Å². The van der Waals surface area contributed by atoms with Crippen molar-refractivity contribution in [1.29, 1.82) is 0 Å². The van der Waals surface area contributed by atoms with Crippen molar-refractivity contribution < 1.29 is 9.60 Å². The Morgan fingerprint density at radius 3 is 2.75 bits per heavy atom. The summed E-state index contributed by atoms with van der Waals surface area (Å²) in [5, 5.41) is 11.2. The molecule has 0 aliphatic carbocycles. The second-order valence-corrected chi connectivity index (χ2v) is 2.55. The molecule has 0 spiro atoms. The predicted molar refractivity (Wildman–Crippen MR) is 43.9 cm³/mol. The summed E-state index contributed by atoms with van der Waals surface area (Å²) in [6.45, 7) is 0. The first kappa shape index (κ1) is 8.80. The fourth-order valence-electron chi connectivity index (χ4n) is 0.751. The van der Waals surface area contributed by atoms with Gasteiger partial charge in [-0.2, -0.15) is 0 Å². The zero-order valence-corrected chi connectivity index (χ0v) is 6.72. The van der Waals surface area contributed by atoms with Crippen LogP contribution in [-0.4, -0.2) is 11.0 Å². The van der Waals surface area contributed by atoms with Gasteiger partial charge in [-0.1, -0.05) is 16.8 Å². The van der Waals surface area contributed by atoms with Gasteiger partial charge < -0.3 is 10.9 Å². The van der Waals surface area contributed by atoms with Crippen LogP contribution in [0.3, 0.4) is 0 Å². The quantitative estimate of drug-likeness (QED) is 0.304. The molecule has 64 valence electrons. The zero-order valence-electron chi connectivity index (χ0n) is 5.96. The van der Waals surface area contributed by atoms with Gasteiger partial charge in [-0.3, -0.25) is 0 Å². The Bertz CT molecular complexity index is 327. The summed E-state index contributed by atoms with van der Waals surface area (Å²) in [4.78, 5) is 0. The largest absolute Gasteiger partial charge is 0.409 e. The molecule has 0 atom stereocenters. The molecule has 0 radical (unpaired) electrons. The van der Waals surface area contributed by atoms with E-state index < -0.39 is 5.82 Å². The van der Waals surface area contributed by atoms with E-state index in [2.05, 4.69) is 5.16 Å². The lowest BCUT2D eigenvalue weighted by atomic mass is 10.2. The van der Waals surface area contributed by atoms with E-state index in [4.69, 9.17) is 22.5 Å². The van der Waals surface area contributed by atoms with Gasteiger partial charge in [0.05, 0.1) is 5.56 Å². The summed E-state index contributed by atoms with van der Waals surface area (Å²) in [7, 11) is 0. The number of hydrogen-bond acceptors (Lipinski definition) is 2. The molecule has 1 aromatic rings. The van der Waals surface area contributed by atoms with Crippen LogP contribution in [0, 0.1) is 5.82 Å². The van der Waals surface area contributed by atoms with Crippen molar-refractivity contribution in [2.24, 2.45) is 10.9 Å². The number of rotatable bonds is 1. The normalized spacial score (nSPS) is 11.7. The third kappa shape index (κ3) is 1.65. The van der Waals surface area contributed by atoms with Crippen LogP contribution in [0.15, 0.2) is 23.4 Å². The number of amidine groups is 1. The van der Waals surface area contributed by atoms with Crippen LogP contribution < -0.4 is 5.73 Å². The third-order valence-electron chi connectivity index (χ3n) is 1.31. The number of nitrogens with zero attached hydrogens (tertiary/aromatic N) is 1. The summed E-state index contributed by atoms with van der Waals surface area (Å²) in [5.41, 5.74) is 5.19. The highest BCUT2D eigenvalue weighted by Gasteiger charge is 2.06. The lowest BCUT2D eigenvalue weighted by molar-refractivity contribution is 0.318. The van der Waals surface area contributed by atoms with Crippen molar-refractivity contribution in [3.63, 3.8) is 0 Å².